The molecule has 1 fully saturated rings. The maximum atomic E-state index is 11.4. The van der Waals surface area contributed by atoms with Crippen molar-refractivity contribution in [2.45, 2.75) is 0 Å². The number of nitrogens with two attached hydrogens (primary N) is 1. The molecule has 1 amide bonds. The van der Waals surface area contributed by atoms with Crippen molar-refractivity contribution in [3.05, 3.63) is 38.8 Å². The van der Waals surface area contributed by atoms with Crippen LogP contribution in [0.15, 0.2) is 23.1 Å². The van der Waals surface area contributed by atoms with Gasteiger partial charge in [0.15, 0.2) is 0 Å². The summed E-state index contributed by atoms with van der Waals surface area (Å²) in [5, 5.41) is 13.2. The van der Waals surface area contributed by atoms with Gasteiger partial charge in [0, 0.05) is 6.07 Å². The van der Waals surface area contributed by atoms with Crippen LogP contribution >= 0.6 is 24.0 Å². The minimum Gasteiger partial charge on any atom is -0.393 e. The summed E-state index contributed by atoms with van der Waals surface area (Å²) in [5.74, 6) is -0.301. The van der Waals surface area contributed by atoms with E-state index in [-0.39, 0.29) is 17.3 Å². The SMILES string of the molecule is Nc1ccc(C=C2SC(=S)NC2=O)cc1[N+](=O)[O-]. The molecule has 2 rings (SSSR count). The first-order valence-electron chi connectivity index (χ1n) is 4.76. The number of carbonyl (C=O) groups excluding carboxylic acids is 1. The van der Waals surface area contributed by atoms with E-state index in [1.54, 1.807) is 6.07 Å². The first kappa shape index (κ1) is 12.5. The summed E-state index contributed by atoms with van der Waals surface area (Å²) in [7, 11) is 0. The molecule has 18 heavy (non-hydrogen) atoms. The summed E-state index contributed by atoms with van der Waals surface area (Å²) in [6, 6.07) is 4.35. The number of amides is 1. The molecule has 0 saturated carbocycles. The molecular formula is C10H7N3O3S2. The molecule has 0 atom stereocenters. The summed E-state index contributed by atoms with van der Waals surface area (Å²) in [6.45, 7) is 0. The second kappa shape index (κ2) is 4.75. The summed E-state index contributed by atoms with van der Waals surface area (Å²) < 4.78 is 0.371. The van der Waals surface area contributed by atoms with Crippen LogP contribution in [0, 0.1) is 10.1 Å². The van der Waals surface area contributed by atoms with Gasteiger partial charge in [0.05, 0.1) is 9.83 Å². The molecule has 8 heteroatoms. The van der Waals surface area contributed by atoms with Crippen LogP contribution in [0.5, 0.6) is 0 Å². The van der Waals surface area contributed by atoms with Gasteiger partial charge >= 0.3 is 0 Å². The molecule has 0 unspecified atom stereocenters. The van der Waals surface area contributed by atoms with Crippen molar-refractivity contribution in [1.29, 1.82) is 0 Å². The number of anilines is 1. The van der Waals surface area contributed by atoms with Gasteiger partial charge in [-0.05, 0) is 17.7 Å². The van der Waals surface area contributed by atoms with Crippen molar-refractivity contribution in [2.24, 2.45) is 0 Å². The number of thiocarbonyl (C=S) groups is 1. The molecule has 1 aromatic rings. The third kappa shape index (κ3) is 2.49. The summed E-state index contributed by atoms with van der Waals surface area (Å²) in [6.07, 6.45) is 1.53. The molecule has 1 aromatic carbocycles. The van der Waals surface area contributed by atoms with Gasteiger partial charge in [-0.1, -0.05) is 30.0 Å². The second-order valence-corrected chi connectivity index (χ2v) is 5.15. The number of nitro benzene ring substituents is 1. The number of carbonyl (C=O) groups is 1. The van der Waals surface area contributed by atoms with Gasteiger partial charge in [0.2, 0.25) is 0 Å². The fourth-order valence-electron chi connectivity index (χ4n) is 1.38. The zero-order chi connectivity index (χ0) is 13.3. The first-order valence-corrected chi connectivity index (χ1v) is 5.98. The highest BCUT2D eigenvalue weighted by atomic mass is 32.2. The molecular weight excluding hydrogens is 274 g/mol. The van der Waals surface area contributed by atoms with E-state index in [0.717, 1.165) is 11.8 Å². The molecule has 92 valence electrons. The highest BCUT2D eigenvalue weighted by Crippen LogP contribution is 2.28. The monoisotopic (exact) mass is 281 g/mol. The van der Waals surface area contributed by atoms with Crippen LogP contribution in [-0.2, 0) is 4.79 Å². The van der Waals surface area contributed by atoms with E-state index in [1.165, 1.54) is 18.2 Å². The number of rotatable bonds is 2. The van der Waals surface area contributed by atoms with Crippen molar-refractivity contribution in [2.75, 3.05) is 5.73 Å². The minimum absolute atomic E-state index is 0.0844. The van der Waals surface area contributed by atoms with Crippen molar-refractivity contribution >= 4 is 51.7 Å². The number of nitro groups is 1. The smallest absolute Gasteiger partial charge is 0.292 e. The average molecular weight is 281 g/mol. The predicted octanol–water partition coefficient (Wildman–Crippen LogP) is 1.67. The molecule has 0 aliphatic carbocycles. The topological polar surface area (TPSA) is 98.3 Å². The normalized spacial score (nSPS) is 17.0. The zero-order valence-electron chi connectivity index (χ0n) is 8.88. The van der Waals surface area contributed by atoms with Crippen LogP contribution in [0.25, 0.3) is 6.08 Å². The summed E-state index contributed by atoms with van der Waals surface area (Å²) in [4.78, 5) is 22.0. The molecule has 1 aliphatic heterocycles. The Kier molecular flexibility index (Phi) is 3.30. The molecule has 0 aromatic heterocycles. The Hall–Kier alpha value is -1.93. The predicted molar refractivity (Wildman–Crippen MR) is 73.8 cm³/mol. The number of benzene rings is 1. The van der Waals surface area contributed by atoms with Crippen molar-refractivity contribution in [1.82, 2.24) is 5.32 Å². The van der Waals surface area contributed by atoms with Crippen molar-refractivity contribution in [3.8, 4) is 0 Å². The Bertz CT molecular complexity index is 598. The number of nitrogens with one attached hydrogen (secondary N) is 1. The number of nitrogens with zero attached hydrogens (tertiary/aromatic N) is 1. The van der Waals surface area contributed by atoms with E-state index in [2.05, 4.69) is 5.32 Å². The van der Waals surface area contributed by atoms with E-state index in [0.29, 0.717) is 14.8 Å². The van der Waals surface area contributed by atoms with Gasteiger partial charge in [0.25, 0.3) is 11.6 Å². The number of nitrogen functional groups attached to an aromatic ring is 1. The molecule has 1 heterocycles. The third-order valence-electron chi connectivity index (χ3n) is 2.19. The van der Waals surface area contributed by atoms with E-state index in [1.807, 2.05) is 0 Å². The zero-order valence-corrected chi connectivity index (χ0v) is 10.5. The Labute approximate surface area is 111 Å². The standard InChI is InChI=1S/C10H7N3O3S2/c11-6-2-1-5(3-7(6)13(15)16)4-8-9(14)12-10(17)18-8/h1-4H,11H2,(H,12,14,17). The average Bonchev–Trinajstić information content (AvgIpc) is 2.60. The number of thioether (sulfide) groups is 1. The van der Waals surface area contributed by atoms with Crippen LogP contribution in [0.3, 0.4) is 0 Å². The van der Waals surface area contributed by atoms with Crippen molar-refractivity contribution in [3.63, 3.8) is 0 Å². The lowest BCUT2D eigenvalue weighted by molar-refractivity contribution is -0.383. The lowest BCUT2D eigenvalue weighted by Gasteiger charge is -1.99. The van der Waals surface area contributed by atoms with Crippen LogP contribution < -0.4 is 11.1 Å². The largest absolute Gasteiger partial charge is 0.393 e. The maximum Gasteiger partial charge on any atom is 0.292 e. The van der Waals surface area contributed by atoms with Gasteiger partial charge in [-0.2, -0.15) is 0 Å². The van der Waals surface area contributed by atoms with E-state index >= 15 is 0 Å². The fraction of sp³-hybridized carbons (Fsp3) is 0. The third-order valence-corrected chi connectivity index (χ3v) is 3.35. The molecule has 0 spiro atoms. The Morgan fingerprint density at radius 1 is 1.50 bits per heavy atom. The van der Waals surface area contributed by atoms with Crippen LogP contribution in [0.2, 0.25) is 0 Å². The van der Waals surface area contributed by atoms with Crippen LogP contribution in [-0.4, -0.2) is 15.2 Å². The quantitative estimate of drug-likeness (QED) is 0.281. The first-order chi connectivity index (χ1) is 8.47. The molecule has 0 radical (unpaired) electrons. The fourth-order valence-corrected chi connectivity index (χ4v) is 2.43. The van der Waals surface area contributed by atoms with Gasteiger partial charge in [-0.3, -0.25) is 14.9 Å². The van der Waals surface area contributed by atoms with E-state index < -0.39 is 4.92 Å². The number of hydrogen-bond donors (Lipinski definition) is 2. The van der Waals surface area contributed by atoms with Gasteiger partial charge in [0.1, 0.15) is 10.0 Å². The maximum absolute atomic E-state index is 11.4. The molecule has 6 nitrogen and oxygen atoms in total. The molecule has 1 aliphatic rings. The van der Waals surface area contributed by atoms with Crippen LogP contribution in [0.1, 0.15) is 5.56 Å². The summed E-state index contributed by atoms with van der Waals surface area (Å²) in [5.41, 5.74) is 5.91. The highest BCUT2D eigenvalue weighted by molar-refractivity contribution is 8.26. The summed E-state index contributed by atoms with van der Waals surface area (Å²) >= 11 is 5.96. The Morgan fingerprint density at radius 2 is 2.22 bits per heavy atom. The molecule has 1 saturated heterocycles. The minimum atomic E-state index is -0.566. The van der Waals surface area contributed by atoms with Gasteiger partial charge < -0.3 is 11.1 Å². The Morgan fingerprint density at radius 3 is 2.78 bits per heavy atom. The lowest BCUT2D eigenvalue weighted by Crippen LogP contribution is -2.17. The second-order valence-electron chi connectivity index (χ2n) is 3.43. The van der Waals surface area contributed by atoms with E-state index in [9.17, 15) is 14.9 Å². The lowest BCUT2D eigenvalue weighted by atomic mass is 10.1. The van der Waals surface area contributed by atoms with Gasteiger partial charge in [-0.15, -0.1) is 0 Å². The number of hydrogen-bond acceptors (Lipinski definition) is 6. The van der Waals surface area contributed by atoms with E-state index in [4.69, 9.17) is 18.0 Å². The highest BCUT2D eigenvalue weighted by Gasteiger charge is 2.22. The van der Waals surface area contributed by atoms with Crippen LogP contribution in [0.4, 0.5) is 11.4 Å². The molecule has 3 N–H and O–H groups in total. The van der Waals surface area contributed by atoms with Gasteiger partial charge in [-0.25, -0.2) is 0 Å². The Balaban J connectivity index is 2.38. The molecule has 0 bridgehead atoms. The van der Waals surface area contributed by atoms with Crippen molar-refractivity contribution < 1.29 is 9.72 Å².